The number of carbonyl (C=O) groups excluding carboxylic acids is 2. The summed E-state index contributed by atoms with van der Waals surface area (Å²) < 4.78 is 6.24. The van der Waals surface area contributed by atoms with Gasteiger partial charge in [-0.1, -0.05) is 0 Å². The summed E-state index contributed by atoms with van der Waals surface area (Å²) in [7, 11) is 0. The first kappa shape index (κ1) is 14.0. The third kappa shape index (κ3) is 4.04. The van der Waals surface area contributed by atoms with E-state index in [0.717, 1.165) is 4.57 Å². The average Bonchev–Trinajstić information content (AvgIpc) is 2.17. The number of amides is 1. The number of pyridine rings is 1. The van der Waals surface area contributed by atoms with Gasteiger partial charge in [-0.2, -0.15) is 0 Å². The fourth-order valence-corrected chi connectivity index (χ4v) is 1.20. The molecule has 0 spiro atoms. The molecule has 0 aliphatic heterocycles. The summed E-state index contributed by atoms with van der Waals surface area (Å²) in [6.45, 7) is 6.50. The first-order valence-corrected chi connectivity index (χ1v) is 5.42. The maximum absolute atomic E-state index is 11.7. The molecule has 0 fully saturated rings. The van der Waals surface area contributed by atoms with Gasteiger partial charge in [0.2, 0.25) is 11.3 Å². The Kier molecular flexibility index (Phi) is 3.90. The second-order valence-electron chi connectivity index (χ2n) is 4.79. The van der Waals surface area contributed by atoms with E-state index >= 15 is 0 Å². The first-order valence-electron chi connectivity index (χ1n) is 5.42. The lowest BCUT2D eigenvalue weighted by Crippen LogP contribution is -2.28. The molecule has 0 atom stereocenters. The number of nitrogens with zero attached hydrogens (tertiary/aromatic N) is 1. The Hall–Kier alpha value is -2.11. The minimum Gasteiger partial charge on any atom is -0.443 e. The van der Waals surface area contributed by atoms with E-state index in [1.54, 1.807) is 20.8 Å². The third-order valence-corrected chi connectivity index (χ3v) is 1.84. The van der Waals surface area contributed by atoms with Crippen LogP contribution in [0.15, 0.2) is 23.3 Å². The van der Waals surface area contributed by atoms with E-state index in [4.69, 9.17) is 4.74 Å². The van der Waals surface area contributed by atoms with Crippen molar-refractivity contribution in [3.05, 3.63) is 28.7 Å². The molecule has 6 heteroatoms. The highest BCUT2D eigenvalue weighted by Crippen LogP contribution is 2.09. The zero-order valence-electron chi connectivity index (χ0n) is 10.8. The van der Waals surface area contributed by atoms with Gasteiger partial charge >= 0.3 is 6.09 Å². The van der Waals surface area contributed by atoms with Crippen LogP contribution in [-0.2, 0) is 9.53 Å². The van der Waals surface area contributed by atoms with Crippen molar-refractivity contribution in [3.63, 3.8) is 0 Å². The lowest BCUT2D eigenvalue weighted by atomic mass is 10.2. The van der Waals surface area contributed by atoms with Gasteiger partial charge < -0.3 is 10.1 Å². The van der Waals surface area contributed by atoms with E-state index < -0.39 is 11.7 Å². The molecule has 0 unspecified atom stereocenters. The smallest absolute Gasteiger partial charge is 0.418 e. The number of ether oxygens (including phenoxy) is 1. The Labute approximate surface area is 105 Å². The van der Waals surface area contributed by atoms with Gasteiger partial charge in [-0.05, 0) is 20.8 Å². The Bertz CT molecular complexity index is 526. The topological polar surface area (TPSA) is 77.4 Å². The predicted molar refractivity (Wildman–Crippen MR) is 66.6 cm³/mol. The summed E-state index contributed by atoms with van der Waals surface area (Å²) in [5, 5.41) is 2.35. The lowest BCUT2D eigenvalue weighted by Gasteiger charge is -2.20. The molecule has 1 aromatic heterocycles. The van der Waals surface area contributed by atoms with Gasteiger partial charge in [0.05, 0.1) is 0 Å². The van der Waals surface area contributed by atoms with Crippen molar-refractivity contribution < 1.29 is 14.3 Å². The molecule has 1 rings (SSSR count). The SMILES string of the molecule is CC(=O)Nc1cn(C(=O)OC(C)(C)C)ccc1=O. The fourth-order valence-electron chi connectivity index (χ4n) is 1.20. The summed E-state index contributed by atoms with van der Waals surface area (Å²) in [4.78, 5) is 34.1. The van der Waals surface area contributed by atoms with Crippen LogP contribution in [0.1, 0.15) is 27.7 Å². The van der Waals surface area contributed by atoms with Crippen molar-refractivity contribution in [1.29, 1.82) is 0 Å². The number of hydrogen-bond acceptors (Lipinski definition) is 4. The summed E-state index contributed by atoms with van der Waals surface area (Å²) in [5.74, 6) is -0.381. The van der Waals surface area contributed by atoms with Crippen LogP contribution >= 0.6 is 0 Å². The quantitative estimate of drug-likeness (QED) is 0.823. The highest BCUT2D eigenvalue weighted by Gasteiger charge is 2.17. The lowest BCUT2D eigenvalue weighted by molar-refractivity contribution is -0.114. The van der Waals surface area contributed by atoms with Gasteiger partial charge in [-0.3, -0.25) is 14.2 Å². The Morgan fingerprint density at radius 2 is 1.94 bits per heavy atom. The first-order chi connectivity index (χ1) is 8.19. The number of aromatic nitrogens is 1. The van der Waals surface area contributed by atoms with Crippen LogP contribution in [0, 0.1) is 0 Å². The van der Waals surface area contributed by atoms with E-state index in [0.29, 0.717) is 0 Å². The minimum atomic E-state index is -0.631. The number of carbonyl (C=O) groups is 2. The summed E-state index contributed by atoms with van der Waals surface area (Å²) >= 11 is 0. The molecule has 1 N–H and O–H groups in total. The molecule has 6 nitrogen and oxygen atoms in total. The van der Waals surface area contributed by atoms with Crippen LogP contribution in [-0.4, -0.2) is 22.2 Å². The number of hydrogen-bond donors (Lipinski definition) is 1. The fraction of sp³-hybridized carbons (Fsp3) is 0.417. The number of nitrogens with one attached hydrogen (secondary N) is 1. The van der Waals surface area contributed by atoms with Crippen molar-refractivity contribution in [1.82, 2.24) is 4.57 Å². The molecule has 0 saturated heterocycles. The molecular formula is C12H16N2O4. The molecule has 0 aliphatic carbocycles. The molecule has 0 aromatic carbocycles. The van der Waals surface area contributed by atoms with E-state index in [-0.39, 0.29) is 17.0 Å². The Balaban J connectivity index is 3.01. The largest absolute Gasteiger partial charge is 0.443 e. The Morgan fingerprint density at radius 1 is 1.33 bits per heavy atom. The Morgan fingerprint density at radius 3 is 2.44 bits per heavy atom. The molecule has 0 radical (unpaired) electrons. The van der Waals surface area contributed by atoms with Gasteiger partial charge in [0, 0.05) is 25.4 Å². The summed E-state index contributed by atoms with van der Waals surface area (Å²) in [6.07, 6.45) is 1.91. The molecule has 98 valence electrons. The van der Waals surface area contributed by atoms with Crippen LogP contribution in [0.3, 0.4) is 0 Å². The maximum atomic E-state index is 11.7. The van der Waals surface area contributed by atoms with E-state index in [9.17, 15) is 14.4 Å². The van der Waals surface area contributed by atoms with Gasteiger partial charge in [0.15, 0.2) is 0 Å². The highest BCUT2D eigenvalue weighted by molar-refractivity contribution is 5.88. The van der Waals surface area contributed by atoms with Crippen molar-refractivity contribution in [2.45, 2.75) is 33.3 Å². The zero-order chi connectivity index (χ0) is 13.9. The van der Waals surface area contributed by atoms with Crippen molar-refractivity contribution in [2.75, 3.05) is 5.32 Å². The van der Waals surface area contributed by atoms with Crippen LogP contribution in [0.5, 0.6) is 0 Å². The molecule has 18 heavy (non-hydrogen) atoms. The third-order valence-electron chi connectivity index (χ3n) is 1.84. The molecule has 1 heterocycles. The van der Waals surface area contributed by atoms with Crippen LogP contribution in [0.2, 0.25) is 0 Å². The average molecular weight is 252 g/mol. The van der Waals surface area contributed by atoms with Crippen LogP contribution in [0.4, 0.5) is 10.5 Å². The van der Waals surface area contributed by atoms with Gasteiger partial charge in [0.25, 0.3) is 0 Å². The normalized spacial score (nSPS) is 10.9. The second-order valence-corrected chi connectivity index (χ2v) is 4.79. The highest BCUT2D eigenvalue weighted by atomic mass is 16.6. The van der Waals surface area contributed by atoms with Crippen LogP contribution < -0.4 is 10.7 Å². The minimum absolute atomic E-state index is 0.0378. The number of anilines is 1. The second kappa shape index (κ2) is 5.03. The molecule has 0 bridgehead atoms. The summed E-state index contributed by atoms with van der Waals surface area (Å²) in [5.41, 5.74) is -0.963. The zero-order valence-corrected chi connectivity index (χ0v) is 10.8. The van der Waals surface area contributed by atoms with Crippen molar-refractivity contribution in [3.8, 4) is 0 Å². The molecule has 1 aromatic rings. The standard InChI is InChI=1S/C12H16N2O4/c1-8(15)13-9-7-14(6-5-10(9)16)11(17)18-12(2,3)4/h5-7H,1-4H3,(H,13,15). The predicted octanol–water partition coefficient (Wildman–Crippen LogP) is 1.59. The molecular weight excluding hydrogens is 236 g/mol. The van der Waals surface area contributed by atoms with E-state index in [2.05, 4.69) is 5.32 Å². The molecule has 0 aliphatic rings. The van der Waals surface area contributed by atoms with Gasteiger partial charge in [-0.15, -0.1) is 0 Å². The monoisotopic (exact) mass is 252 g/mol. The molecule has 1 amide bonds. The van der Waals surface area contributed by atoms with E-state index in [1.807, 2.05) is 0 Å². The van der Waals surface area contributed by atoms with Gasteiger partial charge in [0.1, 0.15) is 11.3 Å². The van der Waals surface area contributed by atoms with Crippen LogP contribution in [0.25, 0.3) is 0 Å². The summed E-state index contributed by atoms with van der Waals surface area (Å²) in [6, 6.07) is 1.19. The number of rotatable bonds is 1. The molecule has 0 saturated carbocycles. The van der Waals surface area contributed by atoms with Gasteiger partial charge in [-0.25, -0.2) is 4.79 Å². The van der Waals surface area contributed by atoms with Crippen molar-refractivity contribution in [2.24, 2.45) is 0 Å². The maximum Gasteiger partial charge on any atom is 0.418 e. The van der Waals surface area contributed by atoms with E-state index in [1.165, 1.54) is 25.4 Å². The van der Waals surface area contributed by atoms with Crippen molar-refractivity contribution >= 4 is 17.7 Å².